The van der Waals surface area contributed by atoms with Crippen LogP contribution >= 0.6 is 24.0 Å². The average molecular weight is 460 g/mol. The van der Waals surface area contributed by atoms with Crippen molar-refractivity contribution in [3.8, 4) is 0 Å². The predicted molar refractivity (Wildman–Crippen MR) is 96.1 cm³/mol. The third-order valence-corrected chi connectivity index (χ3v) is 4.25. The topological polar surface area (TPSA) is 67.1 Å². The number of nitrogens with zero attached hydrogens (tertiary/aromatic N) is 4. The number of aromatic nitrogens is 3. The zero-order chi connectivity index (χ0) is 16.9. The number of alkyl halides is 3. The number of nitrogens with one attached hydrogen (secondary N) is 2. The van der Waals surface area contributed by atoms with E-state index >= 15 is 0 Å². The molecule has 1 heterocycles. The molecule has 1 fully saturated rings. The molecule has 1 aliphatic carbocycles. The molecule has 2 N–H and O–H groups in total. The van der Waals surface area contributed by atoms with Gasteiger partial charge in [-0.25, -0.2) is 0 Å². The Morgan fingerprint density at radius 2 is 2.12 bits per heavy atom. The van der Waals surface area contributed by atoms with Crippen LogP contribution in [-0.2, 0) is 13.6 Å². The van der Waals surface area contributed by atoms with E-state index < -0.39 is 12.1 Å². The van der Waals surface area contributed by atoms with Gasteiger partial charge in [-0.1, -0.05) is 6.42 Å². The van der Waals surface area contributed by atoms with Crippen LogP contribution in [0.4, 0.5) is 13.2 Å². The van der Waals surface area contributed by atoms with E-state index in [0.29, 0.717) is 25.5 Å². The van der Waals surface area contributed by atoms with E-state index in [1.165, 1.54) is 0 Å². The third kappa shape index (κ3) is 6.10. The summed E-state index contributed by atoms with van der Waals surface area (Å²) in [5, 5.41) is 13.9. The highest BCUT2D eigenvalue weighted by Gasteiger charge is 2.41. The molecule has 24 heavy (non-hydrogen) atoms. The van der Waals surface area contributed by atoms with Crippen molar-refractivity contribution in [2.45, 2.75) is 38.4 Å². The van der Waals surface area contributed by atoms with Crippen LogP contribution in [0.25, 0.3) is 0 Å². The lowest BCUT2D eigenvalue weighted by Gasteiger charge is -2.30. The zero-order valence-corrected chi connectivity index (χ0v) is 16.1. The van der Waals surface area contributed by atoms with Gasteiger partial charge < -0.3 is 15.2 Å². The molecule has 0 amide bonds. The molecule has 0 spiro atoms. The molecule has 2 unspecified atom stereocenters. The lowest BCUT2D eigenvalue weighted by molar-refractivity contribution is -0.185. The Morgan fingerprint density at radius 3 is 2.71 bits per heavy atom. The molecule has 1 aliphatic rings. The Balaban J connectivity index is 0.00000288. The van der Waals surface area contributed by atoms with Gasteiger partial charge in [-0.05, 0) is 25.2 Å². The number of rotatable bonds is 4. The van der Waals surface area contributed by atoms with Gasteiger partial charge in [0, 0.05) is 20.6 Å². The molecule has 138 valence electrons. The number of hydrogen-bond donors (Lipinski definition) is 2. The highest BCUT2D eigenvalue weighted by atomic mass is 127. The highest BCUT2D eigenvalue weighted by Crippen LogP contribution is 2.39. The first-order chi connectivity index (χ1) is 10.9. The normalized spacial score (nSPS) is 22.0. The Hall–Kier alpha value is -1.07. The molecule has 1 aromatic rings. The van der Waals surface area contributed by atoms with Gasteiger partial charge in [0.25, 0.3) is 0 Å². The Bertz CT molecular complexity index is 531. The van der Waals surface area contributed by atoms with Crippen LogP contribution in [0, 0.1) is 11.8 Å². The van der Waals surface area contributed by atoms with Crippen molar-refractivity contribution in [1.29, 1.82) is 0 Å². The second-order valence-corrected chi connectivity index (χ2v) is 5.94. The van der Waals surface area contributed by atoms with Crippen molar-refractivity contribution in [2.75, 3.05) is 13.6 Å². The van der Waals surface area contributed by atoms with Crippen molar-refractivity contribution in [1.82, 2.24) is 25.4 Å². The van der Waals surface area contributed by atoms with Gasteiger partial charge in [-0.2, -0.15) is 13.2 Å². The quantitative estimate of drug-likeness (QED) is 0.412. The lowest BCUT2D eigenvalue weighted by atomic mass is 9.81. The number of aliphatic imine (C=N–C) groups is 1. The SMILES string of the molecule is CN=C(NCc1nncn1C)NCC1CCCC(C(F)(F)F)C1.I. The van der Waals surface area contributed by atoms with Gasteiger partial charge in [-0.3, -0.25) is 4.99 Å². The largest absolute Gasteiger partial charge is 0.391 e. The first kappa shape index (κ1) is 21.0. The maximum atomic E-state index is 12.8. The smallest absolute Gasteiger partial charge is 0.356 e. The number of guanidine groups is 1. The second-order valence-electron chi connectivity index (χ2n) is 5.94. The zero-order valence-electron chi connectivity index (χ0n) is 13.8. The molecule has 0 bridgehead atoms. The number of halogens is 4. The molecule has 1 aromatic heterocycles. The van der Waals surface area contributed by atoms with Crippen LogP contribution in [0.5, 0.6) is 0 Å². The van der Waals surface area contributed by atoms with Crippen molar-refractivity contribution in [2.24, 2.45) is 23.9 Å². The molecule has 1 saturated carbocycles. The predicted octanol–water partition coefficient (Wildman–Crippen LogP) is 2.47. The number of hydrogen-bond acceptors (Lipinski definition) is 3. The molecule has 0 radical (unpaired) electrons. The standard InChI is InChI=1S/C14H23F3N6.HI/c1-18-13(20-8-12-22-21-9-23(12)2)19-7-10-4-3-5-11(6-10)14(15,16)17;/h9-11H,3-8H2,1-2H3,(H2,18,19,20);1H. The van der Waals surface area contributed by atoms with Crippen LogP contribution < -0.4 is 10.6 Å². The summed E-state index contributed by atoms with van der Waals surface area (Å²) in [5.41, 5.74) is 0. The summed E-state index contributed by atoms with van der Waals surface area (Å²) in [6.07, 6.45) is -0.590. The summed E-state index contributed by atoms with van der Waals surface area (Å²) in [7, 11) is 3.47. The van der Waals surface area contributed by atoms with E-state index in [4.69, 9.17) is 0 Å². The fourth-order valence-corrected chi connectivity index (χ4v) is 2.87. The van der Waals surface area contributed by atoms with Crippen LogP contribution in [0.2, 0.25) is 0 Å². The van der Waals surface area contributed by atoms with Gasteiger partial charge in [0.1, 0.15) is 6.33 Å². The molecule has 10 heteroatoms. The van der Waals surface area contributed by atoms with Crippen LogP contribution in [0.15, 0.2) is 11.3 Å². The molecule has 2 atom stereocenters. The molecular weight excluding hydrogens is 436 g/mol. The number of aryl methyl sites for hydroxylation is 1. The van der Waals surface area contributed by atoms with Gasteiger partial charge in [0.15, 0.2) is 11.8 Å². The van der Waals surface area contributed by atoms with E-state index in [0.717, 1.165) is 12.2 Å². The Morgan fingerprint density at radius 1 is 1.38 bits per heavy atom. The average Bonchev–Trinajstić information content (AvgIpc) is 2.92. The van der Waals surface area contributed by atoms with Gasteiger partial charge in [0.05, 0.1) is 12.5 Å². The summed E-state index contributed by atoms with van der Waals surface area (Å²) < 4.78 is 40.3. The summed E-state index contributed by atoms with van der Waals surface area (Å²) in [6.45, 7) is 0.942. The van der Waals surface area contributed by atoms with Crippen LogP contribution in [0.1, 0.15) is 31.5 Å². The minimum absolute atomic E-state index is 0. The van der Waals surface area contributed by atoms with Crippen LogP contribution in [0.3, 0.4) is 0 Å². The van der Waals surface area contributed by atoms with E-state index in [-0.39, 0.29) is 42.7 Å². The fraction of sp³-hybridized carbons (Fsp3) is 0.786. The van der Waals surface area contributed by atoms with Crippen molar-refractivity contribution < 1.29 is 13.2 Å². The summed E-state index contributed by atoms with van der Waals surface area (Å²) in [4.78, 5) is 4.08. The highest BCUT2D eigenvalue weighted by molar-refractivity contribution is 14.0. The van der Waals surface area contributed by atoms with E-state index in [1.54, 1.807) is 17.9 Å². The first-order valence-electron chi connectivity index (χ1n) is 7.74. The molecule has 0 aliphatic heterocycles. The maximum Gasteiger partial charge on any atom is 0.391 e. The molecule has 2 rings (SSSR count). The van der Waals surface area contributed by atoms with E-state index in [9.17, 15) is 13.2 Å². The van der Waals surface area contributed by atoms with Crippen molar-refractivity contribution >= 4 is 29.9 Å². The summed E-state index contributed by atoms with van der Waals surface area (Å²) in [6, 6.07) is 0. The Kier molecular flexibility index (Phi) is 8.23. The second kappa shape index (κ2) is 9.42. The van der Waals surface area contributed by atoms with Gasteiger partial charge >= 0.3 is 6.18 Å². The van der Waals surface area contributed by atoms with Crippen LogP contribution in [-0.4, -0.2) is 40.5 Å². The minimum atomic E-state index is -4.08. The fourth-order valence-electron chi connectivity index (χ4n) is 2.87. The molecule has 0 saturated heterocycles. The maximum absolute atomic E-state index is 12.8. The lowest BCUT2D eigenvalue weighted by Crippen LogP contribution is -2.41. The molecular formula is C14H24F3IN6. The van der Waals surface area contributed by atoms with Gasteiger partial charge in [0.2, 0.25) is 0 Å². The minimum Gasteiger partial charge on any atom is -0.356 e. The van der Waals surface area contributed by atoms with Crippen molar-refractivity contribution in [3.63, 3.8) is 0 Å². The van der Waals surface area contributed by atoms with E-state index in [1.807, 2.05) is 7.05 Å². The monoisotopic (exact) mass is 460 g/mol. The molecule has 6 nitrogen and oxygen atoms in total. The summed E-state index contributed by atoms with van der Waals surface area (Å²) >= 11 is 0. The first-order valence-corrected chi connectivity index (χ1v) is 7.74. The third-order valence-electron chi connectivity index (χ3n) is 4.25. The van der Waals surface area contributed by atoms with Crippen molar-refractivity contribution in [3.05, 3.63) is 12.2 Å². The van der Waals surface area contributed by atoms with E-state index in [2.05, 4.69) is 25.8 Å². The Labute approximate surface area is 156 Å². The van der Waals surface area contributed by atoms with Gasteiger partial charge in [-0.15, -0.1) is 34.2 Å². The summed E-state index contributed by atoms with van der Waals surface area (Å²) in [5.74, 6) is 0.158. The molecule has 0 aromatic carbocycles.